The van der Waals surface area contributed by atoms with E-state index < -0.39 is 0 Å². The Morgan fingerprint density at radius 3 is 1.77 bits per heavy atom. The standard InChI is InChI=1S/C8H5Cl2NOS.C7H7Cl2NO.2CH4/c1-12-7-3-8(13-4-11)6(10)2-5(7)9;1-11-7-3-6(10)4(8)2-5(7)9;;/h2-3H,1H3;2-3H,10H2,1H3;2*1H4. The number of thioether (sulfide) groups is 1. The van der Waals surface area contributed by atoms with Gasteiger partial charge in [-0.1, -0.05) is 61.3 Å². The summed E-state index contributed by atoms with van der Waals surface area (Å²) in [4.78, 5) is 0.644. The molecule has 0 saturated carbocycles. The molecular weight excluding hydrogens is 438 g/mol. The number of ether oxygens (including phenoxy) is 2. The van der Waals surface area contributed by atoms with Crippen molar-refractivity contribution in [2.24, 2.45) is 0 Å². The van der Waals surface area contributed by atoms with Gasteiger partial charge in [-0.05, 0) is 30.0 Å². The average molecular weight is 458 g/mol. The van der Waals surface area contributed by atoms with Gasteiger partial charge in [-0.2, -0.15) is 5.26 Å². The van der Waals surface area contributed by atoms with Gasteiger partial charge < -0.3 is 15.2 Å². The first-order chi connectivity index (χ1) is 11.3. The van der Waals surface area contributed by atoms with E-state index in [0.29, 0.717) is 42.2 Å². The summed E-state index contributed by atoms with van der Waals surface area (Å²) in [6.07, 6.45) is 0. The lowest BCUT2D eigenvalue weighted by molar-refractivity contribution is 0.414. The molecule has 4 nitrogen and oxygen atoms in total. The van der Waals surface area contributed by atoms with Crippen LogP contribution < -0.4 is 15.2 Å². The lowest BCUT2D eigenvalue weighted by Gasteiger charge is -2.05. The molecule has 2 N–H and O–H groups in total. The minimum absolute atomic E-state index is 0. The van der Waals surface area contributed by atoms with Crippen molar-refractivity contribution >= 4 is 63.9 Å². The molecule has 0 heterocycles. The molecule has 2 aromatic carbocycles. The van der Waals surface area contributed by atoms with Gasteiger partial charge in [-0.25, -0.2) is 0 Å². The summed E-state index contributed by atoms with van der Waals surface area (Å²) in [5.41, 5.74) is 5.96. The average Bonchev–Trinajstić information content (AvgIpc) is 2.54. The van der Waals surface area contributed by atoms with Crippen LogP contribution in [0.15, 0.2) is 29.2 Å². The van der Waals surface area contributed by atoms with Gasteiger partial charge >= 0.3 is 0 Å². The Morgan fingerprint density at radius 1 is 0.846 bits per heavy atom. The van der Waals surface area contributed by atoms with Crippen LogP contribution in [-0.2, 0) is 0 Å². The van der Waals surface area contributed by atoms with Gasteiger partial charge in [0.1, 0.15) is 16.9 Å². The SMILES string of the molecule is C.C.COc1cc(N)c(Cl)cc1Cl.COc1cc(SC#N)c(Cl)cc1Cl. The molecule has 26 heavy (non-hydrogen) atoms. The van der Waals surface area contributed by atoms with E-state index in [-0.39, 0.29) is 14.9 Å². The maximum Gasteiger partial charge on any atom is 0.139 e. The van der Waals surface area contributed by atoms with E-state index in [4.69, 9.17) is 66.9 Å². The molecule has 0 aliphatic carbocycles. The van der Waals surface area contributed by atoms with E-state index in [1.807, 2.05) is 5.40 Å². The van der Waals surface area contributed by atoms with Crippen LogP contribution in [0.25, 0.3) is 0 Å². The monoisotopic (exact) mass is 456 g/mol. The predicted octanol–water partition coefficient (Wildman–Crippen LogP) is 7.43. The normalized spacial score (nSPS) is 8.81. The number of rotatable bonds is 3. The zero-order valence-corrected chi connectivity index (χ0v) is 16.4. The van der Waals surface area contributed by atoms with Crippen LogP contribution in [0.2, 0.25) is 20.1 Å². The van der Waals surface area contributed by atoms with Gasteiger partial charge in [-0.3, -0.25) is 0 Å². The quantitative estimate of drug-likeness (QED) is 0.294. The van der Waals surface area contributed by atoms with Gasteiger partial charge in [-0.15, -0.1) is 0 Å². The van der Waals surface area contributed by atoms with Gasteiger partial charge in [0.25, 0.3) is 0 Å². The topological polar surface area (TPSA) is 68.3 Å². The second kappa shape index (κ2) is 13.1. The highest BCUT2D eigenvalue weighted by molar-refractivity contribution is 8.03. The molecule has 0 aliphatic heterocycles. The van der Waals surface area contributed by atoms with Crippen molar-refractivity contribution in [3.63, 3.8) is 0 Å². The molecule has 0 bridgehead atoms. The van der Waals surface area contributed by atoms with E-state index in [2.05, 4.69) is 0 Å². The minimum atomic E-state index is 0. The van der Waals surface area contributed by atoms with Crippen molar-refractivity contribution in [3.05, 3.63) is 44.4 Å². The Labute approximate surface area is 179 Å². The Balaban J connectivity index is 0. The lowest BCUT2D eigenvalue weighted by Crippen LogP contribution is -1.89. The van der Waals surface area contributed by atoms with Crippen molar-refractivity contribution in [1.29, 1.82) is 5.26 Å². The van der Waals surface area contributed by atoms with Crippen molar-refractivity contribution in [1.82, 2.24) is 0 Å². The van der Waals surface area contributed by atoms with Gasteiger partial charge in [0.15, 0.2) is 0 Å². The van der Waals surface area contributed by atoms with Crippen LogP contribution in [0.1, 0.15) is 14.9 Å². The Morgan fingerprint density at radius 2 is 1.31 bits per heavy atom. The fraction of sp³-hybridized carbons (Fsp3) is 0.235. The van der Waals surface area contributed by atoms with Crippen molar-refractivity contribution in [2.45, 2.75) is 19.7 Å². The summed E-state index contributed by atoms with van der Waals surface area (Å²) in [7, 11) is 3.03. The first-order valence-electron chi connectivity index (χ1n) is 6.21. The van der Waals surface area contributed by atoms with Crippen LogP contribution >= 0.6 is 58.2 Å². The molecule has 0 unspecified atom stereocenters. The molecule has 0 amide bonds. The molecule has 0 aromatic heterocycles. The van der Waals surface area contributed by atoms with E-state index in [0.717, 1.165) is 11.8 Å². The zero-order chi connectivity index (χ0) is 18.3. The number of nitrogens with zero attached hydrogens (tertiary/aromatic N) is 1. The number of nitriles is 1. The number of thiocyanates is 1. The van der Waals surface area contributed by atoms with Crippen LogP contribution in [0.3, 0.4) is 0 Å². The Kier molecular flexibility index (Phi) is 13.6. The fourth-order valence-corrected chi connectivity index (χ4v) is 2.95. The molecule has 9 heteroatoms. The molecule has 2 rings (SSSR count). The largest absolute Gasteiger partial charge is 0.495 e. The summed E-state index contributed by atoms with van der Waals surface area (Å²) in [5.74, 6) is 1.05. The zero-order valence-electron chi connectivity index (χ0n) is 12.6. The number of halogens is 4. The Bertz CT molecular complexity index is 767. The number of nitrogen functional groups attached to an aromatic ring is 1. The van der Waals surface area contributed by atoms with Crippen molar-refractivity contribution < 1.29 is 9.47 Å². The minimum Gasteiger partial charge on any atom is -0.495 e. The number of methoxy groups -OCH3 is 2. The molecule has 0 fully saturated rings. The Hall–Kier alpha value is -1.16. The van der Waals surface area contributed by atoms with E-state index in [1.54, 1.807) is 24.3 Å². The van der Waals surface area contributed by atoms with E-state index in [1.165, 1.54) is 14.2 Å². The van der Waals surface area contributed by atoms with Gasteiger partial charge in [0, 0.05) is 11.0 Å². The fourth-order valence-electron chi connectivity index (χ4n) is 1.50. The number of anilines is 1. The van der Waals surface area contributed by atoms with Crippen molar-refractivity contribution in [2.75, 3.05) is 20.0 Å². The first-order valence-corrected chi connectivity index (χ1v) is 8.54. The van der Waals surface area contributed by atoms with Gasteiger partial charge in [0.05, 0.1) is 40.0 Å². The van der Waals surface area contributed by atoms with Crippen LogP contribution in [-0.4, -0.2) is 14.2 Å². The third-order valence-electron chi connectivity index (χ3n) is 2.63. The summed E-state index contributed by atoms with van der Waals surface area (Å²) >= 11 is 24.0. The van der Waals surface area contributed by atoms with Crippen LogP contribution in [0, 0.1) is 10.7 Å². The number of hydrogen-bond donors (Lipinski definition) is 1. The number of hydrogen-bond acceptors (Lipinski definition) is 5. The van der Waals surface area contributed by atoms with E-state index >= 15 is 0 Å². The maximum absolute atomic E-state index is 8.46. The summed E-state index contributed by atoms with van der Waals surface area (Å²) in [6.45, 7) is 0. The third kappa shape index (κ3) is 7.61. The van der Waals surface area contributed by atoms with E-state index in [9.17, 15) is 0 Å². The predicted molar refractivity (Wildman–Crippen MR) is 115 cm³/mol. The highest BCUT2D eigenvalue weighted by atomic mass is 35.5. The lowest BCUT2D eigenvalue weighted by atomic mass is 10.3. The third-order valence-corrected chi connectivity index (χ3v) is 4.62. The van der Waals surface area contributed by atoms with Gasteiger partial charge in [0.2, 0.25) is 0 Å². The molecular formula is C17H20Cl4N2O2S. The summed E-state index contributed by atoms with van der Waals surface area (Å²) in [6, 6.07) is 6.34. The molecule has 2 aromatic rings. The van der Waals surface area contributed by atoms with Crippen LogP contribution in [0.5, 0.6) is 11.5 Å². The first kappa shape index (κ1) is 27.1. The molecule has 144 valence electrons. The molecule has 0 saturated heterocycles. The highest BCUT2D eigenvalue weighted by Gasteiger charge is 2.07. The smallest absolute Gasteiger partial charge is 0.139 e. The molecule has 0 radical (unpaired) electrons. The van der Waals surface area contributed by atoms with Crippen molar-refractivity contribution in [3.8, 4) is 16.9 Å². The maximum atomic E-state index is 8.46. The summed E-state index contributed by atoms with van der Waals surface area (Å²) < 4.78 is 9.88. The highest BCUT2D eigenvalue weighted by Crippen LogP contribution is 2.35. The summed E-state index contributed by atoms with van der Waals surface area (Å²) in [5, 5.41) is 12.2. The number of benzene rings is 2. The molecule has 0 spiro atoms. The molecule has 0 aliphatic rings. The second-order valence-electron chi connectivity index (χ2n) is 4.12. The number of nitrogens with two attached hydrogens (primary N) is 1. The molecule has 0 atom stereocenters. The van der Waals surface area contributed by atoms with Crippen LogP contribution in [0.4, 0.5) is 5.69 Å². The second-order valence-corrected chi connectivity index (χ2v) is 6.57.